The van der Waals surface area contributed by atoms with Gasteiger partial charge in [0, 0.05) is 39.0 Å². The van der Waals surface area contributed by atoms with E-state index in [2.05, 4.69) is 16.8 Å². The Morgan fingerprint density at radius 2 is 1.63 bits per heavy atom. The number of hydrogen-bond acceptors (Lipinski definition) is 4. The van der Waals surface area contributed by atoms with Crippen molar-refractivity contribution >= 4 is 11.8 Å². The van der Waals surface area contributed by atoms with Gasteiger partial charge in [-0.05, 0) is 69.5 Å². The van der Waals surface area contributed by atoms with Gasteiger partial charge in [0.2, 0.25) is 11.8 Å². The topological polar surface area (TPSA) is 53.1 Å². The van der Waals surface area contributed by atoms with Crippen LogP contribution in [0.4, 0.5) is 0 Å². The number of morpholine rings is 1. The van der Waals surface area contributed by atoms with Gasteiger partial charge in [0.25, 0.3) is 0 Å². The minimum Gasteiger partial charge on any atom is -0.378 e. The van der Waals surface area contributed by atoms with Crippen molar-refractivity contribution in [2.24, 2.45) is 17.3 Å². The molecule has 1 atom stereocenters. The lowest BCUT2D eigenvalue weighted by atomic mass is 9.66. The molecule has 1 unspecified atom stereocenters. The largest absolute Gasteiger partial charge is 0.378 e. The molecule has 0 aromatic carbocycles. The van der Waals surface area contributed by atoms with Gasteiger partial charge in [-0.3, -0.25) is 9.59 Å². The Morgan fingerprint density at radius 1 is 0.933 bits per heavy atom. The second kappa shape index (κ2) is 9.99. The monoisotopic (exact) mass is 419 g/mol. The summed E-state index contributed by atoms with van der Waals surface area (Å²) in [6, 6.07) is 0. The van der Waals surface area contributed by atoms with Crippen LogP contribution in [0.1, 0.15) is 64.2 Å². The zero-order chi connectivity index (χ0) is 21.0. The highest BCUT2D eigenvalue weighted by Crippen LogP contribution is 2.49. The Labute approximate surface area is 182 Å². The number of piperidine rings is 1. The molecular weight excluding hydrogens is 378 g/mol. The summed E-state index contributed by atoms with van der Waals surface area (Å²) in [6.45, 7) is 6.85. The van der Waals surface area contributed by atoms with Crippen molar-refractivity contribution in [3.63, 3.8) is 0 Å². The van der Waals surface area contributed by atoms with Gasteiger partial charge in [0.15, 0.2) is 0 Å². The first-order chi connectivity index (χ1) is 14.6. The highest BCUT2D eigenvalue weighted by molar-refractivity contribution is 5.77. The molecule has 30 heavy (non-hydrogen) atoms. The zero-order valence-electron chi connectivity index (χ0n) is 18.9. The number of nitrogens with zero attached hydrogens (tertiary/aromatic N) is 3. The summed E-state index contributed by atoms with van der Waals surface area (Å²) in [4.78, 5) is 32.4. The average Bonchev–Trinajstić information content (AvgIpc) is 3.12. The molecule has 0 radical (unpaired) electrons. The van der Waals surface area contributed by atoms with E-state index in [0.29, 0.717) is 37.4 Å². The number of rotatable bonds is 5. The number of likely N-dealkylation sites (tertiary alicyclic amines) is 2. The minimum absolute atomic E-state index is 0.270. The molecule has 0 N–H and O–H groups in total. The van der Waals surface area contributed by atoms with Crippen molar-refractivity contribution in [2.45, 2.75) is 64.2 Å². The van der Waals surface area contributed by atoms with Gasteiger partial charge in [0.05, 0.1) is 13.2 Å². The summed E-state index contributed by atoms with van der Waals surface area (Å²) in [5, 5.41) is 0. The highest BCUT2D eigenvalue weighted by atomic mass is 16.5. The fraction of sp³-hybridized carbons (Fsp3) is 0.917. The van der Waals surface area contributed by atoms with E-state index in [9.17, 15) is 9.59 Å². The third-order valence-corrected chi connectivity index (χ3v) is 8.39. The van der Waals surface area contributed by atoms with Gasteiger partial charge < -0.3 is 19.4 Å². The Balaban J connectivity index is 1.34. The van der Waals surface area contributed by atoms with E-state index in [1.165, 1.54) is 32.1 Å². The van der Waals surface area contributed by atoms with Crippen molar-refractivity contribution in [3.05, 3.63) is 0 Å². The number of carbonyl (C=O) groups is 2. The molecule has 2 amide bonds. The van der Waals surface area contributed by atoms with E-state index in [1.807, 2.05) is 4.90 Å². The number of amides is 2. The second-order valence-electron chi connectivity index (χ2n) is 10.4. The molecule has 1 saturated carbocycles. The van der Waals surface area contributed by atoms with E-state index < -0.39 is 0 Å². The van der Waals surface area contributed by atoms with Crippen LogP contribution in [0.5, 0.6) is 0 Å². The maximum atomic E-state index is 13.2. The van der Waals surface area contributed by atoms with Gasteiger partial charge in [-0.25, -0.2) is 0 Å². The van der Waals surface area contributed by atoms with Crippen molar-refractivity contribution in [3.8, 4) is 0 Å². The van der Waals surface area contributed by atoms with E-state index in [0.717, 1.165) is 65.0 Å². The molecule has 6 nitrogen and oxygen atoms in total. The van der Waals surface area contributed by atoms with Crippen LogP contribution in [0.3, 0.4) is 0 Å². The number of ether oxygens (including phenoxy) is 1. The van der Waals surface area contributed by atoms with Crippen LogP contribution in [-0.2, 0) is 14.3 Å². The van der Waals surface area contributed by atoms with Gasteiger partial charge in [-0.1, -0.05) is 19.3 Å². The predicted molar refractivity (Wildman–Crippen MR) is 117 cm³/mol. The highest BCUT2D eigenvalue weighted by Gasteiger charge is 2.48. The van der Waals surface area contributed by atoms with Crippen molar-refractivity contribution < 1.29 is 14.3 Å². The standard InChI is InChI=1S/C24H41N3O3/c1-25-11-7-20(8-12-25)17-23(29)27-18-21(24(19-27)9-3-2-4-10-24)5-6-22(28)26-13-15-30-16-14-26/h20-21H,2-19H2,1H3. The Bertz CT molecular complexity index is 591. The van der Waals surface area contributed by atoms with Crippen LogP contribution in [-0.4, -0.2) is 86.0 Å². The summed E-state index contributed by atoms with van der Waals surface area (Å²) in [7, 11) is 2.17. The molecule has 4 aliphatic rings. The van der Waals surface area contributed by atoms with E-state index in [4.69, 9.17) is 4.74 Å². The Morgan fingerprint density at radius 3 is 2.33 bits per heavy atom. The summed E-state index contributed by atoms with van der Waals surface area (Å²) in [5.41, 5.74) is 0.270. The molecule has 0 aromatic rings. The van der Waals surface area contributed by atoms with Gasteiger partial charge in [-0.2, -0.15) is 0 Å². The maximum absolute atomic E-state index is 13.2. The van der Waals surface area contributed by atoms with E-state index >= 15 is 0 Å². The average molecular weight is 420 g/mol. The third kappa shape index (κ3) is 5.18. The molecule has 3 heterocycles. The lowest BCUT2D eigenvalue weighted by Gasteiger charge is -2.38. The van der Waals surface area contributed by atoms with Crippen molar-refractivity contribution in [1.29, 1.82) is 0 Å². The molecule has 1 spiro atoms. The zero-order valence-corrected chi connectivity index (χ0v) is 18.9. The second-order valence-corrected chi connectivity index (χ2v) is 10.4. The molecule has 4 fully saturated rings. The maximum Gasteiger partial charge on any atom is 0.222 e. The molecule has 4 rings (SSSR count). The number of hydrogen-bond donors (Lipinski definition) is 0. The first kappa shape index (κ1) is 22.1. The first-order valence-corrected chi connectivity index (χ1v) is 12.4. The Hall–Kier alpha value is -1.14. The van der Waals surface area contributed by atoms with Crippen LogP contribution in [0, 0.1) is 17.3 Å². The molecule has 0 aromatic heterocycles. The third-order valence-electron chi connectivity index (χ3n) is 8.39. The van der Waals surface area contributed by atoms with Crippen molar-refractivity contribution in [1.82, 2.24) is 14.7 Å². The van der Waals surface area contributed by atoms with Crippen LogP contribution >= 0.6 is 0 Å². The smallest absolute Gasteiger partial charge is 0.222 e. The van der Waals surface area contributed by atoms with Gasteiger partial charge >= 0.3 is 0 Å². The Kier molecular flexibility index (Phi) is 7.35. The van der Waals surface area contributed by atoms with Gasteiger partial charge in [0.1, 0.15) is 0 Å². The molecule has 0 bridgehead atoms. The lowest BCUT2D eigenvalue weighted by molar-refractivity contribution is -0.135. The van der Waals surface area contributed by atoms with E-state index in [1.54, 1.807) is 0 Å². The van der Waals surface area contributed by atoms with Gasteiger partial charge in [-0.15, -0.1) is 0 Å². The normalized spacial score (nSPS) is 28.2. The van der Waals surface area contributed by atoms with Crippen LogP contribution in [0.15, 0.2) is 0 Å². The molecule has 1 aliphatic carbocycles. The summed E-state index contributed by atoms with van der Waals surface area (Å²) in [5.74, 6) is 1.69. The molecule has 170 valence electrons. The van der Waals surface area contributed by atoms with E-state index in [-0.39, 0.29) is 11.3 Å². The summed E-state index contributed by atoms with van der Waals surface area (Å²) in [6.07, 6.45) is 11.0. The summed E-state index contributed by atoms with van der Waals surface area (Å²) >= 11 is 0. The minimum atomic E-state index is 0.270. The first-order valence-electron chi connectivity index (χ1n) is 12.4. The predicted octanol–water partition coefficient (Wildman–Crippen LogP) is 2.77. The fourth-order valence-electron chi connectivity index (χ4n) is 6.35. The molecular formula is C24H41N3O3. The molecule has 3 saturated heterocycles. The quantitative estimate of drug-likeness (QED) is 0.688. The molecule has 6 heteroatoms. The van der Waals surface area contributed by atoms with Crippen LogP contribution < -0.4 is 0 Å². The van der Waals surface area contributed by atoms with Crippen molar-refractivity contribution in [2.75, 3.05) is 59.5 Å². The molecule has 3 aliphatic heterocycles. The lowest BCUT2D eigenvalue weighted by Crippen LogP contribution is -2.41. The number of carbonyl (C=O) groups excluding carboxylic acids is 2. The van der Waals surface area contributed by atoms with Crippen LogP contribution in [0.2, 0.25) is 0 Å². The fourth-order valence-corrected chi connectivity index (χ4v) is 6.35. The SMILES string of the molecule is CN1CCC(CC(=O)N2CC(CCC(=O)N3CCOCC3)C3(CCCCC3)C2)CC1. The summed E-state index contributed by atoms with van der Waals surface area (Å²) < 4.78 is 5.39. The van der Waals surface area contributed by atoms with Crippen LogP contribution in [0.25, 0.3) is 0 Å².